The minimum absolute atomic E-state index is 0. The molecule has 3 unspecified atom stereocenters. The molecule has 0 aliphatic heterocycles. The van der Waals surface area contributed by atoms with E-state index >= 15 is 0 Å². The number of hydrogen-bond donors (Lipinski definition) is 0. The molecule has 56 heavy (non-hydrogen) atoms. The number of carboxylic acids is 1. The molecule has 0 aliphatic carbocycles. The molecule has 0 amide bonds. The standard InChI is InChI=1S/C39H56F2O6S3.C4H9O.K/c1-15-46-32(48)49-37(11,12)39(14,30(42)43)36(9,10)35(7,8)38(13,31(44)47-33(2,3)4)24-34(5,6)23-25-22-27(41)18-21-29(25)50(45)28-19-16-26(40)17-20-28;1-4(2)5-3;/h16-22H,15,23-24H2,1-14H3,(H,42,43);4H,3H2,1-2H3;/q;-1;+1/p-1. The van der Waals surface area contributed by atoms with Gasteiger partial charge in [0, 0.05) is 32.0 Å². The first-order chi connectivity index (χ1) is 24.8. The van der Waals surface area contributed by atoms with Gasteiger partial charge in [-0.1, -0.05) is 60.2 Å². The van der Waals surface area contributed by atoms with Crippen LogP contribution < -0.4 is 56.5 Å². The minimum Gasteiger partial charge on any atom is -0.553 e. The molecule has 0 spiro atoms. The van der Waals surface area contributed by atoms with E-state index in [4.69, 9.17) is 21.7 Å². The van der Waals surface area contributed by atoms with Gasteiger partial charge < -0.3 is 24.1 Å². The Kier molecular flexibility index (Phi) is 20.9. The van der Waals surface area contributed by atoms with Gasteiger partial charge in [-0.3, -0.25) is 4.79 Å². The van der Waals surface area contributed by atoms with Crippen molar-refractivity contribution >= 4 is 51.1 Å². The Morgan fingerprint density at radius 2 is 1.36 bits per heavy atom. The molecule has 7 nitrogen and oxygen atoms in total. The summed E-state index contributed by atoms with van der Waals surface area (Å²) in [6.07, 6.45) is 0.664. The van der Waals surface area contributed by atoms with Crippen LogP contribution in [-0.4, -0.2) is 43.6 Å². The van der Waals surface area contributed by atoms with E-state index in [2.05, 4.69) is 11.8 Å². The smallest absolute Gasteiger partial charge is 0.553 e. The molecule has 13 heteroatoms. The third-order valence-electron chi connectivity index (χ3n) is 11.3. The number of rotatable bonds is 15. The average molecular weight is 866 g/mol. The van der Waals surface area contributed by atoms with Crippen LogP contribution in [0.25, 0.3) is 0 Å². The van der Waals surface area contributed by atoms with E-state index in [1.54, 1.807) is 55.4 Å². The second-order valence-electron chi connectivity index (χ2n) is 18.0. The van der Waals surface area contributed by atoms with E-state index in [1.165, 1.54) is 42.5 Å². The number of hydrogen-bond acceptors (Lipinski definition) is 9. The van der Waals surface area contributed by atoms with Gasteiger partial charge >= 0.3 is 57.4 Å². The van der Waals surface area contributed by atoms with Gasteiger partial charge in [-0.25, -0.2) is 20.1 Å². The van der Waals surface area contributed by atoms with E-state index in [-0.39, 0.29) is 74.7 Å². The molecule has 0 heterocycles. The van der Waals surface area contributed by atoms with Crippen molar-refractivity contribution in [3.63, 3.8) is 0 Å². The first-order valence-corrected chi connectivity index (χ1v) is 20.8. The molecule has 0 bridgehead atoms. The number of esters is 1. The number of halogens is 2. The summed E-state index contributed by atoms with van der Waals surface area (Å²) in [7, 11) is 1.45. The van der Waals surface area contributed by atoms with Crippen LogP contribution in [0.4, 0.5) is 8.78 Å². The van der Waals surface area contributed by atoms with E-state index in [9.17, 15) is 27.7 Å². The number of benzene rings is 2. The quantitative estimate of drug-likeness (QED) is 0.0792. The van der Waals surface area contributed by atoms with Crippen molar-refractivity contribution in [1.82, 2.24) is 0 Å². The number of carbonyl (C=O) groups excluding carboxylic acids is 2. The van der Waals surface area contributed by atoms with Crippen molar-refractivity contribution in [3.8, 4) is 0 Å². The molecule has 0 N–H and O–H groups in total. The van der Waals surface area contributed by atoms with E-state index < -0.39 is 71.8 Å². The molecule has 0 fully saturated rings. The number of carbonyl (C=O) groups is 2. The van der Waals surface area contributed by atoms with E-state index in [0.29, 0.717) is 22.0 Å². The third kappa shape index (κ3) is 13.4. The van der Waals surface area contributed by atoms with Crippen molar-refractivity contribution in [2.24, 2.45) is 27.1 Å². The molecule has 0 aliphatic rings. The fourth-order valence-corrected chi connectivity index (χ4v) is 10.1. The topological polar surface area (TPSA) is 102 Å². The summed E-state index contributed by atoms with van der Waals surface area (Å²) in [6, 6.07) is 9.36. The van der Waals surface area contributed by atoms with Crippen LogP contribution in [-0.2, 0) is 41.0 Å². The van der Waals surface area contributed by atoms with Gasteiger partial charge in [-0.2, -0.15) is 0 Å². The van der Waals surface area contributed by atoms with Gasteiger partial charge in [0.15, 0.2) is 0 Å². The molecule has 2 rings (SSSR count). The van der Waals surface area contributed by atoms with Gasteiger partial charge in [0.25, 0.3) is 0 Å². The van der Waals surface area contributed by atoms with Crippen LogP contribution in [0.15, 0.2) is 52.3 Å². The van der Waals surface area contributed by atoms with E-state index in [0.717, 1.165) is 11.8 Å². The van der Waals surface area contributed by atoms with Crippen LogP contribution in [0.1, 0.15) is 123 Å². The van der Waals surface area contributed by atoms with Crippen molar-refractivity contribution in [2.45, 2.75) is 150 Å². The fraction of sp³-hybridized carbons (Fsp3) is 0.628. The van der Waals surface area contributed by atoms with Crippen molar-refractivity contribution in [2.75, 3.05) is 6.61 Å². The zero-order valence-corrected chi connectivity index (χ0v) is 42.4. The maximum atomic E-state index is 14.8. The molecule has 312 valence electrons. The van der Waals surface area contributed by atoms with Crippen LogP contribution >= 0.6 is 24.0 Å². The van der Waals surface area contributed by atoms with Crippen molar-refractivity contribution in [3.05, 3.63) is 66.8 Å². The summed E-state index contributed by atoms with van der Waals surface area (Å²) < 4.78 is 57.4. The predicted octanol–water partition coefficient (Wildman–Crippen LogP) is 7.29. The molecule has 2 aromatic carbocycles. The zero-order chi connectivity index (χ0) is 43.2. The Morgan fingerprint density at radius 3 is 1.79 bits per heavy atom. The Hall–Kier alpha value is -0.774. The number of aliphatic carboxylic acids is 1. The second kappa shape index (κ2) is 21.2. The third-order valence-corrected chi connectivity index (χ3v) is 14.4. The molecule has 0 saturated carbocycles. The predicted molar refractivity (Wildman–Crippen MR) is 222 cm³/mol. The molecular weight excluding hydrogens is 802 g/mol. The maximum Gasteiger partial charge on any atom is 1.00 e. The Balaban J connectivity index is 0.00000472. The van der Waals surface area contributed by atoms with Gasteiger partial charge in [-0.05, 0) is 152 Å². The molecular formula is C43H64F2KO7S3-. The van der Waals surface area contributed by atoms with Gasteiger partial charge in [-0.15, -0.1) is 0 Å². The Morgan fingerprint density at radius 1 is 0.875 bits per heavy atom. The normalized spacial score (nSPS) is 15.3. The first-order valence-electron chi connectivity index (χ1n) is 18.4. The summed E-state index contributed by atoms with van der Waals surface area (Å²) in [6.45, 7) is 29.6. The number of thiocarbonyl (C=S) groups is 1. The zero-order valence-electron chi connectivity index (χ0n) is 36.8. The SMILES string of the molecule is CCOC(=S)SC(C)(C)C(C)(C(=O)[O-])C(C)(C)C(C)(C)C(C)(CC(C)(C)Cc1cc(F)ccc1S(=O)c1ccc(F)cc1)C(=O)OC(C)(C)C.[CH2-]OC(C)C.[K+]. The summed E-state index contributed by atoms with van der Waals surface area (Å²) in [5.74, 6) is -2.79. The van der Waals surface area contributed by atoms with Gasteiger partial charge in [0.1, 0.15) is 17.2 Å². The number of thioether (sulfide) groups is 1. The van der Waals surface area contributed by atoms with Crippen molar-refractivity contribution in [1.29, 1.82) is 0 Å². The van der Waals surface area contributed by atoms with E-state index in [1.807, 2.05) is 55.4 Å². The molecule has 3 atom stereocenters. The first kappa shape index (κ1) is 55.2. The van der Waals surface area contributed by atoms with Crippen LogP contribution in [0.2, 0.25) is 0 Å². The maximum absolute atomic E-state index is 14.8. The minimum atomic E-state index is -1.74. The molecule has 0 saturated heterocycles. The van der Waals surface area contributed by atoms with Crippen LogP contribution in [0.3, 0.4) is 0 Å². The molecule has 0 radical (unpaired) electrons. The summed E-state index contributed by atoms with van der Waals surface area (Å²) in [5.41, 5.74) is -6.36. The van der Waals surface area contributed by atoms with Gasteiger partial charge in [0.05, 0.1) is 22.8 Å². The largest absolute Gasteiger partial charge is 1.00 e. The van der Waals surface area contributed by atoms with Crippen LogP contribution in [0, 0.1) is 45.8 Å². The average Bonchev–Trinajstić information content (AvgIpc) is 3.02. The second-order valence-corrected chi connectivity index (χ2v) is 21.7. The number of carboxylic acid groups (broad SMARTS) is 1. The summed E-state index contributed by atoms with van der Waals surface area (Å²) >= 11 is 6.58. The summed E-state index contributed by atoms with van der Waals surface area (Å²) in [5, 5.41) is 13.4. The molecule has 0 aromatic heterocycles. The summed E-state index contributed by atoms with van der Waals surface area (Å²) in [4.78, 5) is 28.7. The number of ether oxygens (including phenoxy) is 3. The molecule has 2 aromatic rings. The van der Waals surface area contributed by atoms with Gasteiger partial charge in [0.2, 0.25) is 4.38 Å². The Bertz CT molecular complexity index is 1670. The fourth-order valence-electron chi connectivity index (χ4n) is 7.05. The Labute approximate surface area is 390 Å². The monoisotopic (exact) mass is 865 g/mol. The van der Waals surface area contributed by atoms with Crippen molar-refractivity contribution < 1.29 is 93.3 Å². The van der Waals surface area contributed by atoms with Crippen LogP contribution in [0.5, 0.6) is 0 Å².